The SMILES string of the molecule is CCCCCCCCNCCCCCCCC.Cc1ccc(S(=O)(=O)O)cc1. The van der Waals surface area contributed by atoms with E-state index in [-0.39, 0.29) is 4.90 Å². The summed E-state index contributed by atoms with van der Waals surface area (Å²) in [5, 5.41) is 3.57. The maximum atomic E-state index is 10.5. The molecule has 4 nitrogen and oxygen atoms in total. The minimum absolute atomic E-state index is 0.0666. The summed E-state index contributed by atoms with van der Waals surface area (Å²) in [5.41, 5.74) is 0.956. The first-order chi connectivity index (χ1) is 13.4. The number of unbranched alkanes of at least 4 members (excludes halogenated alkanes) is 10. The molecule has 0 bridgehead atoms. The summed E-state index contributed by atoms with van der Waals surface area (Å²) in [6.45, 7) is 8.88. The summed E-state index contributed by atoms with van der Waals surface area (Å²) in [7, 11) is -4.02. The van der Waals surface area contributed by atoms with Gasteiger partial charge in [-0.05, 0) is 45.0 Å². The molecule has 0 aromatic heterocycles. The van der Waals surface area contributed by atoms with Crippen molar-refractivity contribution in [2.24, 2.45) is 0 Å². The van der Waals surface area contributed by atoms with Crippen molar-refractivity contribution in [1.82, 2.24) is 5.32 Å². The lowest BCUT2D eigenvalue weighted by molar-refractivity contribution is 0.483. The van der Waals surface area contributed by atoms with E-state index in [1.165, 1.54) is 102 Å². The Morgan fingerprint density at radius 1 is 0.714 bits per heavy atom. The summed E-state index contributed by atoms with van der Waals surface area (Å²) >= 11 is 0. The first kappa shape index (κ1) is 27.1. The molecule has 0 radical (unpaired) electrons. The van der Waals surface area contributed by atoms with Gasteiger partial charge in [0.15, 0.2) is 0 Å². The molecule has 1 aromatic carbocycles. The Morgan fingerprint density at radius 2 is 1.11 bits per heavy atom. The van der Waals surface area contributed by atoms with Crippen molar-refractivity contribution in [1.29, 1.82) is 0 Å². The minimum atomic E-state index is -4.02. The van der Waals surface area contributed by atoms with Crippen LogP contribution in [0.5, 0.6) is 0 Å². The molecule has 1 aromatic rings. The van der Waals surface area contributed by atoms with Crippen molar-refractivity contribution >= 4 is 10.1 Å². The summed E-state index contributed by atoms with van der Waals surface area (Å²) in [6.07, 6.45) is 16.9. The lowest BCUT2D eigenvalue weighted by Crippen LogP contribution is -2.16. The molecule has 0 aliphatic carbocycles. The van der Waals surface area contributed by atoms with E-state index in [1.54, 1.807) is 12.1 Å². The van der Waals surface area contributed by atoms with Crippen LogP contribution < -0.4 is 5.32 Å². The van der Waals surface area contributed by atoms with Gasteiger partial charge >= 0.3 is 0 Å². The molecule has 0 atom stereocenters. The van der Waals surface area contributed by atoms with Gasteiger partial charge in [-0.3, -0.25) is 4.55 Å². The Balaban J connectivity index is 0.000000567. The second-order valence-electron chi connectivity index (χ2n) is 7.57. The second kappa shape index (κ2) is 18.1. The van der Waals surface area contributed by atoms with Crippen molar-refractivity contribution in [3.05, 3.63) is 29.8 Å². The van der Waals surface area contributed by atoms with Crippen LogP contribution in [0.25, 0.3) is 0 Å². The maximum absolute atomic E-state index is 10.5. The summed E-state index contributed by atoms with van der Waals surface area (Å²) in [4.78, 5) is -0.0666. The average Bonchev–Trinajstić information content (AvgIpc) is 2.66. The fourth-order valence-electron chi connectivity index (χ4n) is 2.90. The van der Waals surface area contributed by atoms with Gasteiger partial charge in [0, 0.05) is 0 Å². The third-order valence-electron chi connectivity index (χ3n) is 4.73. The highest BCUT2D eigenvalue weighted by atomic mass is 32.2. The molecule has 5 heteroatoms. The largest absolute Gasteiger partial charge is 0.317 e. The Kier molecular flexibility index (Phi) is 17.6. The molecule has 0 amide bonds. The predicted molar refractivity (Wildman–Crippen MR) is 121 cm³/mol. The quantitative estimate of drug-likeness (QED) is 0.253. The summed E-state index contributed by atoms with van der Waals surface area (Å²) in [6, 6.07) is 5.99. The van der Waals surface area contributed by atoms with E-state index in [0.717, 1.165) is 5.56 Å². The van der Waals surface area contributed by atoms with Crippen LogP contribution in [0.3, 0.4) is 0 Å². The minimum Gasteiger partial charge on any atom is -0.317 e. The Hall–Kier alpha value is -0.910. The van der Waals surface area contributed by atoms with Crippen molar-refractivity contribution in [2.75, 3.05) is 13.1 Å². The van der Waals surface area contributed by atoms with Crippen LogP contribution in [0.15, 0.2) is 29.2 Å². The molecule has 0 aliphatic heterocycles. The van der Waals surface area contributed by atoms with Gasteiger partial charge in [-0.2, -0.15) is 8.42 Å². The van der Waals surface area contributed by atoms with E-state index in [0.29, 0.717) is 0 Å². The Morgan fingerprint density at radius 3 is 1.50 bits per heavy atom. The molecule has 0 saturated heterocycles. The molecule has 164 valence electrons. The third kappa shape index (κ3) is 17.2. The van der Waals surface area contributed by atoms with Crippen molar-refractivity contribution in [3.63, 3.8) is 0 Å². The topological polar surface area (TPSA) is 66.4 Å². The number of aryl methyl sites for hydroxylation is 1. The lowest BCUT2D eigenvalue weighted by atomic mass is 10.1. The molecular weight excluding hydrogens is 370 g/mol. The highest BCUT2D eigenvalue weighted by Crippen LogP contribution is 2.08. The number of rotatable bonds is 15. The smallest absolute Gasteiger partial charge is 0.294 e. The monoisotopic (exact) mass is 413 g/mol. The molecule has 0 heterocycles. The summed E-state index contributed by atoms with van der Waals surface area (Å²) in [5.74, 6) is 0. The molecule has 0 unspecified atom stereocenters. The predicted octanol–water partition coefficient (Wildman–Crippen LogP) is 6.54. The maximum Gasteiger partial charge on any atom is 0.294 e. The van der Waals surface area contributed by atoms with Crippen LogP contribution >= 0.6 is 0 Å². The van der Waals surface area contributed by atoms with E-state index in [1.807, 2.05) is 6.92 Å². The number of nitrogens with one attached hydrogen (secondary N) is 1. The van der Waals surface area contributed by atoms with Crippen LogP contribution in [0, 0.1) is 6.92 Å². The van der Waals surface area contributed by atoms with E-state index < -0.39 is 10.1 Å². The average molecular weight is 414 g/mol. The van der Waals surface area contributed by atoms with Crippen LogP contribution in [0.1, 0.15) is 96.5 Å². The zero-order valence-electron chi connectivity index (χ0n) is 18.4. The van der Waals surface area contributed by atoms with Crippen LogP contribution in [-0.4, -0.2) is 26.1 Å². The molecule has 1 rings (SSSR count). The molecule has 0 spiro atoms. The van der Waals surface area contributed by atoms with E-state index in [2.05, 4.69) is 19.2 Å². The van der Waals surface area contributed by atoms with E-state index >= 15 is 0 Å². The fraction of sp³-hybridized carbons (Fsp3) is 0.739. The van der Waals surface area contributed by atoms with Crippen molar-refractivity contribution in [2.45, 2.75) is 103 Å². The van der Waals surface area contributed by atoms with Gasteiger partial charge < -0.3 is 5.32 Å². The van der Waals surface area contributed by atoms with Gasteiger partial charge in [0.1, 0.15) is 0 Å². The second-order valence-corrected chi connectivity index (χ2v) is 9.00. The van der Waals surface area contributed by atoms with Gasteiger partial charge in [0.2, 0.25) is 0 Å². The number of hydrogen-bond donors (Lipinski definition) is 2. The van der Waals surface area contributed by atoms with E-state index in [4.69, 9.17) is 4.55 Å². The van der Waals surface area contributed by atoms with Gasteiger partial charge in [-0.25, -0.2) is 0 Å². The third-order valence-corrected chi connectivity index (χ3v) is 5.60. The van der Waals surface area contributed by atoms with Gasteiger partial charge in [0.25, 0.3) is 10.1 Å². The molecule has 2 N–H and O–H groups in total. The fourth-order valence-corrected chi connectivity index (χ4v) is 3.38. The van der Waals surface area contributed by atoms with Crippen molar-refractivity contribution in [3.8, 4) is 0 Å². The standard InChI is InChI=1S/C16H35N.C7H8O3S/c1-3-5-7-9-11-13-15-17-16-14-12-10-8-6-4-2;1-6-2-4-7(5-3-6)11(8,9)10/h17H,3-16H2,1-2H3;2-5H,1H3,(H,8,9,10). The Labute approximate surface area is 174 Å². The highest BCUT2D eigenvalue weighted by molar-refractivity contribution is 7.85. The Bertz CT molecular complexity index is 542. The molecule has 0 aliphatic rings. The zero-order valence-corrected chi connectivity index (χ0v) is 19.2. The van der Waals surface area contributed by atoms with Crippen LogP contribution in [0.4, 0.5) is 0 Å². The van der Waals surface area contributed by atoms with Crippen molar-refractivity contribution < 1.29 is 13.0 Å². The molecule has 0 saturated carbocycles. The van der Waals surface area contributed by atoms with Gasteiger partial charge in [-0.15, -0.1) is 0 Å². The molecule has 28 heavy (non-hydrogen) atoms. The number of hydrogen-bond acceptors (Lipinski definition) is 3. The zero-order chi connectivity index (χ0) is 21.1. The van der Waals surface area contributed by atoms with Crippen LogP contribution in [-0.2, 0) is 10.1 Å². The highest BCUT2D eigenvalue weighted by Gasteiger charge is 2.06. The van der Waals surface area contributed by atoms with Gasteiger partial charge in [-0.1, -0.05) is 95.8 Å². The normalized spacial score (nSPS) is 11.1. The van der Waals surface area contributed by atoms with Crippen LogP contribution in [0.2, 0.25) is 0 Å². The number of benzene rings is 1. The first-order valence-electron chi connectivity index (χ1n) is 11.2. The summed E-state index contributed by atoms with van der Waals surface area (Å²) < 4.78 is 29.6. The first-order valence-corrected chi connectivity index (χ1v) is 12.6. The van der Waals surface area contributed by atoms with Gasteiger partial charge in [0.05, 0.1) is 4.90 Å². The van der Waals surface area contributed by atoms with E-state index in [9.17, 15) is 8.42 Å². The lowest BCUT2D eigenvalue weighted by Gasteiger charge is -2.04. The molecular formula is C23H43NO3S. The molecule has 0 fully saturated rings.